The number of ether oxygens (including phenoxy) is 1. The average molecular weight is 429 g/mol. The second-order valence-electron chi connectivity index (χ2n) is 5.01. The summed E-state index contributed by atoms with van der Waals surface area (Å²) in [6.07, 6.45) is 0. The van der Waals surface area contributed by atoms with Crippen LogP contribution >= 0.6 is 58.1 Å². The summed E-state index contributed by atoms with van der Waals surface area (Å²) < 4.78 is 7.08. The number of hydrogen-bond acceptors (Lipinski definition) is 6. The van der Waals surface area contributed by atoms with Crippen molar-refractivity contribution in [2.24, 2.45) is 0 Å². The van der Waals surface area contributed by atoms with Crippen LogP contribution in [0.1, 0.15) is 11.1 Å². The molecule has 3 nitrogen and oxygen atoms in total. The predicted octanol–water partition coefficient (Wildman–Crippen LogP) is 6.44. The highest BCUT2D eigenvalue weighted by Crippen LogP contribution is 2.33. The first-order valence-electron chi connectivity index (χ1n) is 7.30. The number of aromatic nitrogens is 2. The maximum atomic E-state index is 6.04. The molecule has 0 unspecified atom stereocenters. The van der Waals surface area contributed by atoms with Gasteiger partial charge in [-0.25, -0.2) is 0 Å². The first-order chi connectivity index (χ1) is 12.1. The molecule has 2 aromatic carbocycles. The summed E-state index contributed by atoms with van der Waals surface area (Å²) in [5.41, 5.74) is 2.34. The van der Waals surface area contributed by atoms with Gasteiger partial charge < -0.3 is 4.74 Å². The maximum absolute atomic E-state index is 6.04. The zero-order valence-corrected chi connectivity index (χ0v) is 17.2. The zero-order valence-electron chi connectivity index (χ0n) is 13.2. The Morgan fingerprint density at radius 3 is 2.08 bits per heavy atom. The van der Waals surface area contributed by atoms with Crippen LogP contribution in [0, 0.1) is 0 Å². The Balaban J connectivity index is 1.52. The summed E-state index contributed by atoms with van der Waals surface area (Å²) in [5.74, 6) is 2.51. The van der Waals surface area contributed by atoms with E-state index in [0.29, 0.717) is 10.0 Å². The Hall–Kier alpha value is -0.920. The van der Waals surface area contributed by atoms with Crippen molar-refractivity contribution < 1.29 is 4.74 Å². The molecule has 0 N–H and O–H groups in total. The lowest BCUT2D eigenvalue weighted by Crippen LogP contribution is -1.84. The van der Waals surface area contributed by atoms with Gasteiger partial charge in [0, 0.05) is 11.5 Å². The van der Waals surface area contributed by atoms with E-state index in [0.717, 1.165) is 31.5 Å². The molecule has 130 valence electrons. The first-order valence-corrected chi connectivity index (χ1v) is 10.8. The van der Waals surface area contributed by atoms with Gasteiger partial charge in [0.1, 0.15) is 5.75 Å². The van der Waals surface area contributed by atoms with Gasteiger partial charge in [0.15, 0.2) is 8.68 Å². The molecule has 0 spiro atoms. The van der Waals surface area contributed by atoms with Crippen LogP contribution in [0.5, 0.6) is 5.75 Å². The number of nitrogens with zero attached hydrogens (tertiary/aromatic N) is 2. The largest absolute Gasteiger partial charge is 0.497 e. The maximum Gasteiger partial charge on any atom is 0.175 e. The Bertz CT molecular complexity index is 840. The van der Waals surface area contributed by atoms with Crippen molar-refractivity contribution in [3.8, 4) is 5.75 Å². The third-order valence-corrected chi connectivity index (χ3v) is 7.33. The van der Waals surface area contributed by atoms with Crippen molar-refractivity contribution in [3.63, 3.8) is 0 Å². The van der Waals surface area contributed by atoms with Crippen LogP contribution in [0.2, 0.25) is 10.0 Å². The Morgan fingerprint density at radius 2 is 1.48 bits per heavy atom. The molecular weight excluding hydrogens is 415 g/mol. The van der Waals surface area contributed by atoms with Crippen LogP contribution in [0.15, 0.2) is 51.1 Å². The first kappa shape index (κ1) is 18.9. The van der Waals surface area contributed by atoms with Gasteiger partial charge in [-0.3, -0.25) is 0 Å². The summed E-state index contributed by atoms with van der Waals surface area (Å²) in [6.45, 7) is 0. The van der Waals surface area contributed by atoms with Gasteiger partial charge in [-0.2, -0.15) is 0 Å². The summed E-state index contributed by atoms with van der Waals surface area (Å²) >= 11 is 16.9. The van der Waals surface area contributed by atoms with Crippen molar-refractivity contribution >= 4 is 58.1 Å². The van der Waals surface area contributed by atoms with Crippen LogP contribution in [0.4, 0.5) is 0 Å². The quantitative estimate of drug-likeness (QED) is 0.404. The van der Waals surface area contributed by atoms with E-state index in [4.69, 9.17) is 27.9 Å². The molecule has 0 saturated heterocycles. The molecule has 1 heterocycles. The van der Waals surface area contributed by atoms with Crippen LogP contribution in [0.25, 0.3) is 0 Å². The summed E-state index contributed by atoms with van der Waals surface area (Å²) in [4.78, 5) is 0. The minimum atomic E-state index is 0.573. The van der Waals surface area contributed by atoms with E-state index in [1.165, 1.54) is 5.56 Å². The van der Waals surface area contributed by atoms with Gasteiger partial charge in [0.25, 0.3) is 0 Å². The minimum Gasteiger partial charge on any atom is -0.497 e. The Morgan fingerprint density at radius 1 is 0.880 bits per heavy atom. The number of methoxy groups -OCH3 is 1. The second-order valence-corrected chi connectivity index (χ2v) is 9.24. The third kappa shape index (κ3) is 5.53. The average Bonchev–Trinajstić information content (AvgIpc) is 3.09. The van der Waals surface area contributed by atoms with E-state index in [1.807, 2.05) is 30.3 Å². The minimum absolute atomic E-state index is 0.573. The lowest BCUT2D eigenvalue weighted by atomic mass is 10.2. The second kappa shape index (κ2) is 9.14. The summed E-state index contributed by atoms with van der Waals surface area (Å²) in [5, 5.41) is 9.64. The summed E-state index contributed by atoms with van der Waals surface area (Å²) in [7, 11) is 1.67. The fraction of sp³-hybridized carbons (Fsp3) is 0.176. The van der Waals surface area contributed by atoms with Gasteiger partial charge >= 0.3 is 0 Å². The zero-order chi connectivity index (χ0) is 17.6. The molecule has 0 atom stereocenters. The van der Waals surface area contributed by atoms with Gasteiger partial charge in [-0.05, 0) is 35.4 Å². The van der Waals surface area contributed by atoms with E-state index in [-0.39, 0.29) is 0 Å². The van der Waals surface area contributed by atoms with Crippen molar-refractivity contribution in [1.29, 1.82) is 0 Å². The molecular formula is C17H14Cl2N2OS3. The molecule has 0 aliphatic heterocycles. The Kier molecular flexibility index (Phi) is 6.90. The fourth-order valence-corrected chi connectivity index (χ4v) is 5.19. The standard InChI is InChI=1S/C17H14Cl2N2OS3/c1-22-13-5-2-11(3-6-13)9-23-16-20-21-17(25-16)24-10-12-4-7-14(18)15(19)8-12/h2-8H,9-10H2,1H3. The normalized spacial score (nSPS) is 10.8. The highest BCUT2D eigenvalue weighted by atomic mass is 35.5. The highest BCUT2D eigenvalue weighted by molar-refractivity contribution is 8.02. The smallest absolute Gasteiger partial charge is 0.175 e. The molecule has 3 aromatic rings. The number of rotatable bonds is 7. The molecule has 0 bridgehead atoms. The van der Waals surface area contributed by atoms with Gasteiger partial charge in [-0.1, -0.05) is 76.3 Å². The molecule has 0 saturated carbocycles. The van der Waals surface area contributed by atoms with E-state index in [2.05, 4.69) is 22.3 Å². The van der Waals surface area contributed by atoms with Crippen molar-refractivity contribution in [2.75, 3.05) is 7.11 Å². The van der Waals surface area contributed by atoms with Gasteiger partial charge in [-0.15, -0.1) is 10.2 Å². The third-order valence-electron chi connectivity index (χ3n) is 3.26. The van der Waals surface area contributed by atoms with Crippen molar-refractivity contribution in [2.45, 2.75) is 20.2 Å². The van der Waals surface area contributed by atoms with Crippen LogP contribution in [0.3, 0.4) is 0 Å². The SMILES string of the molecule is COc1ccc(CSc2nnc(SCc3ccc(Cl)c(Cl)c3)s2)cc1. The number of hydrogen-bond donors (Lipinski definition) is 0. The van der Waals surface area contributed by atoms with Crippen LogP contribution in [-0.2, 0) is 11.5 Å². The lowest BCUT2D eigenvalue weighted by molar-refractivity contribution is 0.414. The number of halogens is 2. The number of benzene rings is 2. The predicted molar refractivity (Wildman–Crippen MR) is 108 cm³/mol. The topological polar surface area (TPSA) is 35.0 Å². The van der Waals surface area contributed by atoms with E-state index in [1.54, 1.807) is 42.0 Å². The molecule has 1 aromatic heterocycles. The summed E-state index contributed by atoms with van der Waals surface area (Å²) in [6, 6.07) is 13.7. The van der Waals surface area contributed by atoms with Gasteiger partial charge in [0.05, 0.1) is 17.2 Å². The van der Waals surface area contributed by atoms with E-state index in [9.17, 15) is 0 Å². The molecule has 3 rings (SSSR count). The molecule has 0 aliphatic carbocycles. The van der Waals surface area contributed by atoms with Crippen molar-refractivity contribution in [1.82, 2.24) is 10.2 Å². The van der Waals surface area contributed by atoms with E-state index >= 15 is 0 Å². The molecule has 8 heteroatoms. The molecule has 25 heavy (non-hydrogen) atoms. The van der Waals surface area contributed by atoms with Gasteiger partial charge in [0.2, 0.25) is 0 Å². The van der Waals surface area contributed by atoms with Crippen molar-refractivity contribution in [3.05, 3.63) is 63.6 Å². The number of thioether (sulfide) groups is 2. The molecule has 0 fully saturated rings. The lowest BCUT2D eigenvalue weighted by Gasteiger charge is -2.01. The molecule has 0 radical (unpaired) electrons. The van der Waals surface area contributed by atoms with Crippen LogP contribution < -0.4 is 4.74 Å². The molecule has 0 aliphatic rings. The molecule has 0 amide bonds. The Labute approximate surface area is 169 Å². The fourth-order valence-electron chi connectivity index (χ4n) is 1.96. The highest BCUT2D eigenvalue weighted by Gasteiger charge is 2.07. The monoisotopic (exact) mass is 428 g/mol. The van der Waals surface area contributed by atoms with E-state index < -0.39 is 0 Å². The van der Waals surface area contributed by atoms with Crippen LogP contribution in [-0.4, -0.2) is 17.3 Å².